The van der Waals surface area contributed by atoms with E-state index in [1.165, 1.54) is 5.48 Å². The van der Waals surface area contributed by atoms with Crippen molar-refractivity contribution in [1.29, 1.82) is 0 Å². The third-order valence-electron chi connectivity index (χ3n) is 0.422. The number of rotatable bonds is 3. The van der Waals surface area contributed by atoms with E-state index in [1.54, 1.807) is 0 Å². The number of carbonyl (C=O) groups excluding carboxylic acids is 1. The number of nitrogens with one attached hydrogen (secondary N) is 1. The zero-order valence-electron chi connectivity index (χ0n) is 4.72. The molecule has 0 radical (unpaired) electrons. The summed E-state index contributed by atoms with van der Waals surface area (Å²) in [5.74, 6) is -1.02. The van der Waals surface area contributed by atoms with Crippen LogP contribution in [-0.2, 0) is 14.0 Å². The fourth-order valence-corrected chi connectivity index (χ4v) is 0.363. The zero-order valence-corrected chi connectivity index (χ0v) is 5.62. The fraction of sp³-hybridized carbons (Fsp3) is 0.500. The van der Waals surface area contributed by atoms with E-state index in [0.717, 1.165) is 0 Å². The quantitative estimate of drug-likeness (QED) is 0.291. The largest absolute Gasteiger partial charge is 0.491 e. The van der Waals surface area contributed by atoms with Crippen LogP contribution in [0.25, 0.3) is 0 Å². The van der Waals surface area contributed by atoms with Crippen molar-refractivity contribution in [1.82, 2.24) is 5.48 Å². The molecule has 0 aromatic heterocycles. The maximum Gasteiger partial charge on any atom is 0.491 e. The Labute approximate surface area is 55.8 Å². The first-order valence-corrected chi connectivity index (χ1v) is 3.62. The van der Waals surface area contributed by atoms with Crippen molar-refractivity contribution in [3.8, 4) is 0 Å². The van der Waals surface area contributed by atoms with Gasteiger partial charge in [0.25, 0.3) is 5.91 Å². The van der Waals surface area contributed by atoms with Crippen LogP contribution in [0, 0.1) is 0 Å². The van der Waals surface area contributed by atoms with Gasteiger partial charge in [0, 0.05) is 0 Å². The summed E-state index contributed by atoms with van der Waals surface area (Å²) in [7, 11) is -4.68. The van der Waals surface area contributed by atoms with Gasteiger partial charge in [-0.1, -0.05) is 0 Å². The molecule has 7 nitrogen and oxygen atoms in total. The van der Waals surface area contributed by atoms with Crippen molar-refractivity contribution < 1.29 is 28.9 Å². The van der Waals surface area contributed by atoms with Crippen LogP contribution in [0.3, 0.4) is 0 Å². The first-order valence-electron chi connectivity index (χ1n) is 2.09. The number of carbonyl (C=O) groups is 1. The SMILES string of the molecule is O=C(CO)NOP(=O)(O)O. The third kappa shape index (κ3) is 5.67. The van der Waals surface area contributed by atoms with E-state index < -0.39 is 20.3 Å². The summed E-state index contributed by atoms with van der Waals surface area (Å²) in [6.07, 6.45) is 0. The molecule has 8 heteroatoms. The van der Waals surface area contributed by atoms with Crippen molar-refractivity contribution in [2.24, 2.45) is 0 Å². The van der Waals surface area contributed by atoms with Gasteiger partial charge in [-0.25, -0.2) is 10.0 Å². The van der Waals surface area contributed by atoms with Gasteiger partial charge >= 0.3 is 7.82 Å². The maximum absolute atomic E-state index is 10.0. The van der Waals surface area contributed by atoms with E-state index in [9.17, 15) is 9.36 Å². The molecule has 0 saturated carbocycles. The molecular weight excluding hydrogens is 165 g/mol. The smallest absolute Gasteiger partial charge is 0.386 e. The van der Waals surface area contributed by atoms with Gasteiger partial charge in [-0.15, -0.1) is 0 Å². The molecule has 0 unspecified atom stereocenters. The van der Waals surface area contributed by atoms with Gasteiger partial charge < -0.3 is 14.9 Å². The summed E-state index contributed by atoms with van der Waals surface area (Å²) in [6, 6.07) is 0. The zero-order chi connectivity index (χ0) is 8.20. The molecule has 0 heterocycles. The second-order valence-electron chi connectivity index (χ2n) is 1.27. The molecular formula is C2H6NO6P. The lowest BCUT2D eigenvalue weighted by Gasteiger charge is -2.03. The molecule has 4 N–H and O–H groups in total. The van der Waals surface area contributed by atoms with Crippen LogP contribution < -0.4 is 5.48 Å². The number of amides is 1. The number of aliphatic hydroxyl groups is 1. The second kappa shape index (κ2) is 3.65. The summed E-state index contributed by atoms with van der Waals surface area (Å²) < 4.78 is 13.3. The molecule has 0 aromatic rings. The van der Waals surface area contributed by atoms with Crippen LogP contribution in [-0.4, -0.2) is 27.4 Å². The van der Waals surface area contributed by atoms with Gasteiger partial charge in [-0.05, 0) is 0 Å². The molecule has 0 aliphatic rings. The average molecular weight is 171 g/mol. The topological polar surface area (TPSA) is 116 Å². The minimum absolute atomic E-state index is 0.889. The number of phosphoric acid groups is 1. The minimum Gasteiger partial charge on any atom is -0.386 e. The lowest BCUT2D eigenvalue weighted by molar-refractivity contribution is -0.131. The standard InChI is InChI=1S/C2H6NO6P/c4-1-2(5)3-9-10(6,7)8/h4H,1H2,(H,3,5)(H2,6,7,8). The van der Waals surface area contributed by atoms with E-state index in [0.29, 0.717) is 0 Å². The summed E-state index contributed by atoms with van der Waals surface area (Å²) in [6.45, 7) is -0.889. The van der Waals surface area contributed by atoms with Crippen molar-refractivity contribution in [2.45, 2.75) is 0 Å². The van der Waals surface area contributed by atoms with Crippen LogP contribution in [0.15, 0.2) is 0 Å². The van der Waals surface area contributed by atoms with Gasteiger partial charge in [0.15, 0.2) is 0 Å². The number of hydrogen-bond donors (Lipinski definition) is 4. The highest BCUT2D eigenvalue weighted by Gasteiger charge is 2.15. The van der Waals surface area contributed by atoms with Crippen LogP contribution >= 0.6 is 7.82 Å². The van der Waals surface area contributed by atoms with Gasteiger partial charge in [0.05, 0.1) is 0 Å². The molecule has 0 saturated heterocycles. The molecule has 1 amide bonds. The summed E-state index contributed by atoms with van der Waals surface area (Å²) in [4.78, 5) is 25.9. The lowest BCUT2D eigenvalue weighted by Crippen LogP contribution is -2.25. The molecule has 0 spiro atoms. The minimum atomic E-state index is -4.68. The highest BCUT2D eigenvalue weighted by Crippen LogP contribution is 2.33. The van der Waals surface area contributed by atoms with Crippen molar-refractivity contribution >= 4 is 13.7 Å². The molecule has 0 aliphatic carbocycles. The molecule has 60 valence electrons. The van der Waals surface area contributed by atoms with E-state index in [1.807, 2.05) is 0 Å². The van der Waals surface area contributed by atoms with Crippen LogP contribution in [0.4, 0.5) is 0 Å². The maximum atomic E-state index is 10.0. The van der Waals surface area contributed by atoms with Crippen molar-refractivity contribution in [3.05, 3.63) is 0 Å². The van der Waals surface area contributed by atoms with Crippen LogP contribution in [0.1, 0.15) is 0 Å². The highest BCUT2D eigenvalue weighted by atomic mass is 31.2. The molecule has 0 aromatic carbocycles. The van der Waals surface area contributed by atoms with E-state index >= 15 is 0 Å². The average Bonchev–Trinajstić information content (AvgIpc) is 1.81. The first-order chi connectivity index (χ1) is 4.45. The van der Waals surface area contributed by atoms with Crippen molar-refractivity contribution in [3.63, 3.8) is 0 Å². The lowest BCUT2D eigenvalue weighted by atomic mass is 10.7. The summed E-state index contributed by atoms with van der Waals surface area (Å²) >= 11 is 0. The fourth-order valence-electron chi connectivity index (χ4n) is 0.143. The first kappa shape index (κ1) is 9.54. The molecule has 0 atom stereocenters. The summed E-state index contributed by atoms with van der Waals surface area (Å²) in [5, 5.41) is 7.99. The Kier molecular flexibility index (Phi) is 3.48. The second-order valence-corrected chi connectivity index (χ2v) is 2.43. The van der Waals surface area contributed by atoms with Gasteiger partial charge in [0.1, 0.15) is 6.61 Å². The third-order valence-corrected chi connectivity index (χ3v) is 0.751. The van der Waals surface area contributed by atoms with Gasteiger partial charge in [-0.3, -0.25) is 4.79 Å². The molecule has 10 heavy (non-hydrogen) atoms. The predicted molar refractivity (Wildman–Crippen MR) is 28.4 cm³/mol. The Morgan fingerprint density at radius 2 is 2.10 bits per heavy atom. The van der Waals surface area contributed by atoms with Crippen LogP contribution in [0.2, 0.25) is 0 Å². The molecule has 0 aliphatic heterocycles. The number of hydrogen-bond acceptors (Lipinski definition) is 4. The molecule has 0 rings (SSSR count). The Morgan fingerprint density at radius 3 is 2.40 bits per heavy atom. The van der Waals surface area contributed by atoms with Gasteiger partial charge in [-0.2, -0.15) is 4.62 Å². The normalized spacial score (nSPS) is 11.1. The van der Waals surface area contributed by atoms with E-state index in [-0.39, 0.29) is 0 Å². The Morgan fingerprint density at radius 1 is 1.60 bits per heavy atom. The molecule has 0 bridgehead atoms. The van der Waals surface area contributed by atoms with E-state index in [4.69, 9.17) is 14.9 Å². The Hall–Kier alpha value is -0.460. The number of hydroxylamine groups is 1. The molecule has 0 fully saturated rings. The van der Waals surface area contributed by atoms with Crippen LogP contribution in [0.5, 0.6) is 0 Å². The van der Waals surface area contributed by atoms with E-state index in [2.05, 4.69) is 4.62 Å². The Bertz CT molecular complexity index is 161. The monoisotopic (exact) mass is 171 g/mol. The van der Waals surface area contributed by atoms with Gasteiger partial charge in [0.2, 0.25) is 0 Å². The predicted octanol–water partition coefficient (Wildman–Crippen LogP) is -1.88. The number of aliphatic hydroxyl groups excluding tert-OH is 1. The van der Waals surface area contributed by atoms with Crippen molar-refractivity contribution in [2.75, 3.05) is 6.61 Å². The highest BCUT2D eigenvalue weighted by molar-refractivity contribution is 7.46. The summed E-state index contributed by atoms with van der Waals surface area (Å²) in [5.41, 5.74) is 1.32. The Balaban J connectivity index is 3.56.